The zero-order valence-corrected chi connectivity index (χ0v) is 25.3. The minimum atomic E-state index is -3.45. The predicted molar refractivity (Wildman–Crippen MR) is 165 cm³/mol. The number of methoxy groups -OCH3 is 1. The number of anilines is 2. The van der Waals surface area contributed by atoms with E-state index >= 15 is 4.39 Å². The summed E-state index contributed by atoms with van der Waals surface area (Å²) in [6, 6.07) is 16.3. The Balaban J connectivity index is 1.28. The zero-order chi connectivity index (χ0) is 31.4. The number of sulfone groups is 1. The highest BCUT2D eigenvalue weighted by atomic mass is 32.2. The van der Waals surface area contributed by atoms with E-state index in [9.17, 15) is 18.0 Å². The topological polar surface area (TPSA) is 140 Å². The first kappa shape index (κ1) is 30.4. The van der Waals surface area contributed by atoms with E-state index in [2.05, 4.69) is 20.6 Å². The van der Waals surface area contributed by atoms with Gasteiger partial charge in [-0.05, 0) is 48.0 Å². The van der Waals surface area contributed by atoms with E-state index in [1.165, 1.54) is 59.7 Å². The van der Waals surface area contributed by atoms with Gasteiger partial charge < -0.3 is 25.0 Å². The summed E-state index contributed by atoms with van der Waals surface area (Å²) in [7, 11) is -0.491. The van der Waals surface area contributed by atoms with E-state index in [1.807, 2.05) is 18.2 Å². The van der Waals surface area contributed by atoms with Crippen LogP contribution in [0.5, 0.6) is 11.5 Å². The van der Waals surface area contributed by atoms with Gasteiger partial charge in [-0.3, -0.25) is 9.97 Å². The van der Waals surface area contributed by atoms with Crippen LogP contribution in [0.25, 0.3) is 20.8 Å². The number of fused-ring (bicyclic) bond motifs is 1. The molecule has 2 aromatic carbocycles. The molecule has 0 bridgehead atoms. The Hall–Kier alpha value is -5.08. The largest absolute Gasteiger partial charge is 0.453 e. The number of carbonyl (C=O) groups excluding carboxylic acids is 2. The fourth-order valence-corrected chi connectivity index (χ4v) is 5.87. The minimum absolute atomic E-state index is 0.0561. The standard InChI is InChI=1S/C30H26FN5O6S2/c1-36(30(38)41-2)17-18-7-9-23(33-16-18)27-15-24-28(43-27)26(11-12-32-24)42-25-10-8-20(14-22(25)31)35-29(37)34-19-5-4-6-21(13-19)44(3,39)40/h4-16H,17H2,1-3H3,(H2,34,35,37). The minimum Gasteiger partial charge on any atom is -0.453 e. The summed E-state index contributed by atoms with van der Waals surface area (Å²) in [5, 5.41) is 5.05. The van der Waals surface area contributed by atoms with Crippen molar-refractivity contribution in [1.29, 1.82) is 0 Å². The number of nitrogens with one attached hydrogen (secondary N) is 2. The van der Waals surface area contributed by atoms with Crippen LogP contribution >= 0.6 is 11.3 Å². The molecule has 44 heavy (non-hydrogen) atoms. The predicted octanol–water partition coefficient (Wildman–Crippen LogP) is 6.54. The number of thiophene rings is 1. The third kappa shape index (κ3) is 7.10. The van der Waals surface area contributed by atoms with Crippen molar-refractivity contribution in [3.8, 4) is 22.1 Å². The number of urea groups is 1. The van der Waals surface area contributed by atoms with Gasteiger partial charge in [0.25, 0.3) is 0 Å². The molecule has 0 saturated carbocycles. The van der Waals surface area contributed by atoms with Gasteiger partial charge in [0, 0.05) is 49.2 Å². The Labute approximate surface area is 256 Å². The average molecular weight is 636 g/mol. The van der Waals surface area contributed by atoms with Crippen LogP contribution in [0, 0.1) is 5.82 Å². The normalized spacial score (nSPS) is 11.2. The molecule has 0 atom stereocenters. The lowest BCUT2D eigenvalue weighted by atomic mass is 10.2. The van der Waals surface area contributed by atoms with Crippen LogP contribution in [0.15, 0.2) is 84.0 Å². The van der Waals surface area contributed by atoms with Crippen LogP contribution in [0.4, 0.5) is 25.4 Å². The highest BCUT2D eigenvalue weighted by Crippen LogP contribution is 2.39. The van der Waals surface area contributed by atoms with E-state index in [0.29, 0.717) is 28.2 Å². The number of pyridine rings is 2. The first-order valence-electron chi connectivity index (χ1n) is 13.0. The van der Waals surface area contributed by atoms with Crippen molar-refractivity contribution in [1.82, 2.24) is 14.9 Å². The SMILES string of the molecule is COC(=O)N(C)Cc1ccc(-c2cc3nccc(Oc4ccc(NC(=O)Nc5cccc(S(C)(=O)=O)c5)cc4F)c3s2)nc1. The van der Waals surface area contributed by atoms with Crippen LogP contribution in [0.1, 0.15) is 5.56 Å². The summed E-state index contributed by atoms with van der Waals surface area (Å²) in [5.74, 6) is -0.375. The number of amides is 3. The molecule has 3 amide bonds. The van der Waals surface area contributed by atoms with Crippen molar-refractivity contribution in [2.45, 2.75) is 11.4 Å². The number of hydrogen-bond acceptors (Lipinski definition) is 9. The van der Waals surface area contributed by atoms with E-state index in [0.717, 1.165) is 22.8 Å². The van der Waals surface area contributed by atoms with Gasteiger partial charge in [-0.15, -0.1) is 11.3 Å². The first-order valence-corrected chi connectivity index (χ1v) is 15.7. The Bertz CT molecular complexity index is 1960. The molecule has 0 fully saturated rings. The number of ether oxygens (including phenoxy) is 2. The second-order valence-electron chi connectivity index (χ2n) is 9.64. The number of rotatable bonds is 8. The van der Waals surface area contributed by atoms with Crippen molar-refractivity contribution in [2.75, 3.05) is 31.0 Å². The number of benzene rings is 2. The number of halogens is 1. The van der Waals surface area contributed by atoms with Crippen LogP contribution < -0.4 is 15.4 Å². The smallest absolute Gasteiger partial charge is 0.409 e. The number of nitrogens with zero attached hydrogens (tertiary/aromatic N) is 3. The van der Waals surface area contributed by atoms with Crippen LogP contribution in [-0.4, -0.2) is 55.8 Å². The number of aromatic nitrogens is 2. The van der Waals surface area contributed by atoms with E-state index in [-0.39, 0.29) is 22.0 Å². The van der Waals surface area contributed by atoms with E-state index in [1.54, 1.807) is 25.5 Å². The van der Waals surface area contributed by atoms with E-state index in [4.69, 9.17) is 9.47 Å². The molecule has 0 aliphatic rings. The molecule has 0 aliphatic heterocycles. The molecule has 5 rings (SSSR count). The van der Waals surface area contributed by atoms with Gasteiger partial charge in [-0.2, -0.15) is 0 Å². The fraction of sp³-hybridized carbons (Fsp3) is 0.133. The third-order valence-electron chi connectivity index (χ3n) is 6.29. The van der Waals surface area contributed by atoms with Crippen molar-refractivity contribution < 1.29 is 31.9 Å². The maximum absolute atomic E-state index is 15.1. The van der Waals surface area contributed by atoms with Crippen LogP contribution in [-0.2, 0) is 21.1 Å². The molecule has 0 spiro atoms. The molecule has 3 aromatic heterocycles. The Morgan fingerprint density at radius 2 is 1.75 bits per heavy atom. The lowest BCUT2D eigenvalue weighted by molar-refractivity contribution is 0.131. The Morgan fingerprint density at radius 3 is 2.43 bits per heavy atom. The van der Waals surface area contributed by atoms with Gasteiger partial charge in [0.05, 0.1) is 39.3 Å². The quantitative estimate of drug-likeness (QED) is 0.196. The molecular weight excluding hydrogens is 609 g/mol. The van der Waals surface area contributed by atoms with Crippen LogP contribution in [0.2, 0.25) is 0 Å². The second-order valence-corrected chi connectivity index (χ2v) is 12.7. The molecule has 14 heteroatoms. The molecule has 2 N–H and O–H groups in total. The fourth-order valence-electron chi connectivity index (χ4n) is 4.16. The molecule has 3 heterocycles. The summed E-state index contributed by atoms with van der Waals surface area (Å²) >= 11 is 1.39. The molecule has 0 radical (unpaired) electrons. The molecule has 226 valence electrons. The summed E-state index contributed by atoms with van der Waals surface area (Å²) in [6.45, 7) is 0.343. The van der Waals surface area contributed by atoms with Gasteiger partial charge in [0.2, 0.25) is 0 Å². The van der Waals surface area contributed by atoms with Crippen molar-refractivity contribution >= 4 is 54.9 Å². The van der Waals surface area contributed by atoms with Gasteiger partial charge in [0.1, 0.15) is 5.75 Å². The van der Waals surface area contributed by atoms with Crippen molar-refractivity contribution in [3.63, 3.8) is 0 Å². The summed E-state index contributed by atoms with van der Waals surface area (Å²) in [5.41, 5.74) is 2.61. The van der Waals surface area contributed by atoms with Crippen molar-refractivity contribution in [2.24, 2.45) is 0 Å². The van der Waals surface area contributed by atoms with Gasteiger partial charge in [-0.1, -0.05) is 12.1 Å². The highest BCUT2D eigenvalue weighted by Gasteiger charge is 2.16. The number of carbonyl (C=O) groups is 2. The molecule has 11 nitrogen and oxygen atoms in total. The lowest BCUT2D eigenvalue weighted by Crippen LogP contribution is -2.25. The Kier molecular flexibility index (Phi) is 8.73. The monoisotopic (exact) mass is 635 g/mol. The molecule has 0 unspecified atom stereocenters. The third-order valence-corrected chi connectivity index (χ3v) is 8.56. The summed E-state index contributed by atoms with van der Waals surface area (Å²) in [4.78, 5) is 35.3. The molecule has 0 aliphatic carbocycles. The van der Waals surface area contributed by atoms with Crippen LogP contribution in [0.3, 0.4) is 0 Å². The summed E-state index contributed by atoms with van der Waals surface area (Å²) < 4.78 is 49.9. The maximum Gasteiger partial charge on any atom is 0.409 e. The zero-order valence-electron chi connectivity index (χ0n) is 23.7. The lowest BCUT2D eigenvalue weighted by Gasteiger charge is -2.15. The number of hydrogen-bond donors (Lipinski definition) is 2. The second kappa shape index (κ2) is 12.7. The molecular formula is C30H26FN5O6S2. The first-order chi connectivity index (χ1) is 21.0. The van der Waals surface area contributed by atoms with Gasteiger partial charge in [0.15, 0.2) is 21.4 Å². The van der Waals surface area contributed by atoms with Gasteiger partial charge in [-0.25, -0.2) is 22.4 Å². The Morgan fingerprint density at radius 1 is 0.977 bits per heavy atom. The van der Waals surface area contributed by atoms with Crippen molar-refractivity contribution in [3.05, 3.63) is 90.5 Å². The highest BCUT2D eigenvalue weighted by molar-refractivity contribution is 7.90. The van der Waals surface area contributed by atoms with Gasteiger partial charge >= 0.3 is 12.1 Å². The summed E-state index contributed by atoms with van der Waals surface area (Å²) in [6.07, 6.45) is 3.87. The molecule has 0 saturated heterocycles. The van der Waals surface area contributed by atoms with E-state index < -0.39 is 27.8 Å². The average Bonchev–Trinajstić information content (AvgIpc) is 3.43. The maximum atomic E-state index is 15.1. The molecule has 5 aromatic rings.